The van der Waals surface area contributed by atoms with Crippen LogP contribution in [-0.2, 0) is 23.0 Å². The van der Waals surface area contributed by atoms with Crippen molar-refractivity contribution >= 4 is 23.3 Å². The molecule has 6 heteroatoms. The molecule has 0 N–H and O–H groups in total. The number of nitrogens with zero attached hydrogens (tertiary/aromatic N) is 2. The average molecular weight is 340 g/mol. The summed E-state index contributed by atoms with van der Waals surface area (Å²) in [6.45, 7) is 3.58. The largest absolute Gasteiger partial charge is 0.448 e. The Hall–Kier alpha value is -2.89. The molecule has 2 aromatic rings. The quantitative estimate of drug-likeness (QED) is 0.633. The van der Waals surface area contributed by atoms with Crippen molar-refractivity contribution in [1.82, 2.24) is 4.57 Å². The smallest absolute Gasteiger partial charge is 0.355 e. The second-order valence-corrected chi connectivity index (χ2v) is 6.20. The number of aromatic nitrogens is 1. The number of rotatable bonds is 4. The summed E-state index contributed by atoms with van der Waals surface area (Å²) in [5.74, 6) is -1.00. The summed E-state index contributed by atoms with van der Waals surface area (Å²) in [4.78, 5) is 38.1. The molecule has 0 fully saturated rings. The number of hydrogen-bond donors (Lipinski definition) is 0. The summed E-state index contributed by atoms with van der Waals surface area (Å²) >= 11 is 0. The highest BCUT2D eigenvalue weighted by molar-refractivity contribution is 6.01. The van der Waals surface area contributed by atoms with Crippen LogP contribution >= 0.6 is 0 Å². The van der Waals surface area contributed by atoms with Crippen molar-refractivity contribution in [2.24, 2.45) is 7.05 Å². The Morgan fingerprint density at radius 2 is 1.92 bits per heavy atom. The van der Waals surface area contributed by atoms with Crippen LogP contribution in [0.1, 0.15) is 40.3 Å². The molecule has 1 aliphatic heterocycles. The van der Waals surface area contributed by atoms with Crippen LogP contribution in [0.3, 0.4) is 0 Å². The molecular weight excluding hydrogens is 320 g/mol. The number of carbonyl (C=O) groups excluding carboxylic acids is 3. The van der Waals surface area contributed by atoms with E-state index in [1.54, 1.807) is 25.1 Å². The number of hydrogen-bond acceptors (Lipinski definition) is 4. The number of fused-ring (bicyclic) bond motifs is 1. The second-order valence-electron chi connectivity index (χ2n) is 6.20. The summed E-state index contributed by atoms with van der Waals surface area (Å²) in [7, 11) is 1.66. The van der Waals surface area contributed by atoms with Crippen molar-refractivity contribution in [3.05, 3.63) is 53.3 Å². The Morgan fingerprint density at radius 3 is 2.60 bits per heavy atom. The zero-order chi connectivity index (χ0) is 18.1. The first-order valence-corrected chi connectivity index (χ1v) is 8.16. The van der Waals surface area contributed by atoms with E-state index >= 15 is 0 Å². The summed E-state index contributed by atoms with van der Waals surface area (Å²) in [6, 6.07) is 9.19. The van der Waals surface area contributed by atoms with Gasteiger partial charge in [0.2, 0.25) is 0 Å². The number of amides is 1. The van der Waals surface area contributed by atoms with Crippen LogP contribution in [0, 0.1) is 0 Å². The van der Waals surface area contributed by atoms with Gasteiger partial charge in [-0.2, -0.15) is 0 Å². The number of esters is 1. The topological polar surface area (TPSA) is 68.6 Å². The third-order valence-corrected chi connectivity index (χ3v) is 4.41. The van der Waals surface area contributed by atoms with Crippen molar-refractivity contribution in [1.29, 1.82) is 0 Å². The number of aryl methyl sites for hydroxylation is 1. The monoisotopic (exact) mass is 340 g/mol. The molecule has 1 atom stereocenters. The van der Waals surface area contributed by atoms with E-state index in [4.69, 9.17) is 4.74 Å². The molecule has 25 heavy (non-hydrogen) atoms. The SMILES string of the molecule is CC(=O)c1cc(C(=O)OC(C)C(=O)N2CCc3ccccc32)n(C)c1. The lowest BCUT2D eigenvalue weighted by molar-refractivity contribution is -0.126. The molecule has 0 bridgehead atoms. The third-order valence-electron chi connectivity index (χ3n) is 4.41. The van der Waals surface area contributed by atoms with E-state index in [0.717, 1.165) is 17.7 Å². The minimum atomic E-state index is -0.908. The van der Waals surface area contributed by atoms with Gasteiger partial charge in [-0.25, -0.2) is 4.79 Å². The maximum atomic E-state index is 12.7. The number of ketones is 1. The van der Waals surface area contributed by atoms with Gasteiger partial charge < -0.3 is 14.2 Å². The minimum absolute atomic E-state index is 0.132. The molecule has 0 saturated heterocycles. The van der Waals surface area contributed by atoms with E-state index in [-0.39, 0.29) is 17.4 Å². The van der Waals surface area contributed by atoms with Gasteiger partial charge in [0.05, 0.1) is 0 Å². The van der Waals surface area contributed by atoms with Crippen LogP contribution in [0.15, 0.2) is 36.5 Å². The molecule has 1 unspecified atom stereocenters. The number of carbonyl (C=O) groups is 3. The summed E-state index contributed by atoms with van der Waals surface area (Å²) in [5, 5.41) is 0. The predicted octanol–water partition coefficient (Wildman–Crippen LogP) is 2.36. The Labute approximate surface area is 146 Å². The molecular formula is C19H20N2O4. The van der Waals surface area contributed by atoms with Gasteiger partial charge in [0.25, 0.3) is 5.91 Å². The third kappa shape index (κ3) is 3.20. The van der Waals surface area contributed by atoms with Crippen LogP contribution in [0.2, 0.25) is 0 Å². The minimum Gasteiger partial charge on any atom is -0.448 e. The summed E-state index contributed by atoms with van der Waals surface area (Å²) < 4.78 is 6.87. The molecule has 1 aliphatic rings. The fourth-order valence-electron chi connectivity index (χ4n) is 3.02. The van der Waals surface area contributed by atoms with Crippen LogP contribution in [-0.4, -0.2) is 34.9 Å². The Bertz CT molecular complexity index is 853. The molecule has 130 valence electrons. The first-order valence-electron chi connectivity index (χ1n) is 8.16. The molecule has 1 aromatic heterocycles. The van der Waals surface area contributed by atoms with Gasteiger partial charge in [0.15, 0.2) is 11.9 Å². The number of ether oxygens (including phenoxy) is 1. The number of Topliss-reactive ketones (excluding diaryl/α,β-unsaturated/α-hetero) is 1. The zero-order valence-corrected chi connectivity index (χ0v) is 14.5. The molecule has 1 aromatic carbocycles. The van der Waals surface area contributed by atoms with Crippen molar-refractivity contribution in [2.45, 2.75) is 26.4 Å². The number of benzene rings is 1. The summed E-state index contributed by atoms with van der Waals surface area (Å²) in [6.07, 6.45) is 1.46. The fourth-order valence-corrected chi connectivity index (χ4v) is 3.02. The van der Waals surface area contributed by atoms with E-state index in [9.17, 15) is 14.4 Å². The van der Waals surface area contributed by atoms with Gasteiger partial charge in [-0.15, -0.1) is 0 Å². The standard InChI is InChI=1S/C19H20N2O4/c1-12(22)15-10-17(20(3)11-15)19(24)25-13(2)18(23)21-9-8-14-6-4-5-7-16(14)21/h4-7,10-11,13H,8-9H2,1-3H3. The number of para-hydroxylation sites is 1. The Morgan fingerprint density at radius 1 is 1.20 bits per heavy atom. The zero-order valence-electron chi connectivity index (χ0n) is 14.5. The highest BCUT2D eigenvalue weighted by Gasteiger charge is 2.30. The molecule has 3 rings (SSSR count). The van der Waals surface area contributed by atoms with E-state index in [2.05, 4.69) is 0 Å². The normalized spacial score (nSPS) is 14.1. The van der Waals surface area contributed by atoms with Crippen molar-refractivity contribution in [3.63, 3.8) is 0 Å². The van der Waals surface area contributed by atoms with Gasteiger partial charge in [-0.3, -0.25) is 9.59 Å². The maximum absolute atomic E-state index is 12.7. The van der Waals surface area contributed by atoms with Crippen LogP contribution in [0.25, 0.3) is 0 Å². The van der Waals surface area contributed by atoms with Crippen LogP contribution in [0.4, 0.5) is 5.69 Å². The van der Waals surface area contributed by atoms with E-state index in [1.807, 2.05) is 24.3 Å². The second kappa shape index (κ2) is 6.55. The fraction of sp³-hybridized carbons (Fsp3) is 0.316. The van der Waals surface area contributed by atoms with Gasteiger partial charge in [0, 0.05) is 31.0 Å². The average Bonchev–Trinajstić information content (AvgIpc) is 3.17. The molecule has 2 heterocycles. The first kappa shape index (κ1) is 17.0. The van der Waals surface area contributed by atoms with Crippen LogP contribution < -0.4 is 4.90 Å². The van der Waals surface area contributed by atoms with Crippen molar-refractivity contribution in [2.75, 3.05) is 11.4 Å². The highest BCUT2D eigenvalue weighted by atomic mass is 16.5. The van der Waals surface area contributed by atoms with E-state index in [0.29, 0.717) is 12.1 Å². The molecule has 0 saturated carbocycles. The van der Waals surface area contributed by atoms with Gasteiger partial charge in [-0.05, 0) is 38.0 Å². The van der Waals surface area contributed by atoms with Crippen molar-refractivity contribution in [3.8, 4) is 0 Å². The maximum Gasteiger partial charge on any atom is 0.355 e. The van der Waals surface area contributed by atoms with Crippen molar-refractivity contribution < 1.29 is 19.1 Å². The lowest BCUT2D eigenvalue weighted by Crippen LogP contribution is -2.39. The highest BCUT2D eigenvalue weighted by Crippen LogP contribution is 2.28. The Balaban J connectivity index is 1.72. The van der Waals surface area contributed by atoms with E-state index in [1.165, 1.54) is 17.6 Å². The predicted molar refractivity (Wildman–Crippen MR) is 92.8 cm³/mol. The molecule has 0 aliphatic carbocycles. The van der Waals surface area contributed by atoms with Crippen LogP contribution in [0.5, 0.6) is 0 Å². The van der Waals surface area contributed by atoms with Gasteiger partial charge in [0.1, 0.15) is 5.69 Å². The molecule has 0 spiro atoms. The molecule has 0 radical (unpaired) electrons. The molecule has 1 amide bonds. The number of anilines is 1. The first-order chi connectivity index (χ1) is 11.9. The molecule has 6 nitrogen and oxygen atoms in total. The summed E-state index contributed by atoms with van der Waals surface area (Å²) in [5.41, 5.74) is 2.66. The van der Waals surface area contributed by atoms with Gasteiger partial charge in [-0.1, -0.05) is 18.2 Å². The lowest BCUT2D eigenvalue weighted by atomic mass is 10.2. The Kier molecular flexibility index (Phi) is 4.44. The van der Waals surface area contributed by atoms with E-state index < -0.39 is 12.1 Å². The van der Waals surface area contributed by atoms with Gasteiger partial charge >= 0.3 is 5.97 Å². The lowest BCUT2D eigenvalue weighted by Gasteiger charge is -2.21.